The molecule has 22 heavy (non-hydrogen) atoms. The number of aromatic carboxylic acids is 1. The molecule has 0 unspecified atom stereocenters. The maximum absolute atomic E-state index is 12.4. The smallest absolute Gasteiger partial charge is 0.345 e. The number of amides is 1. The minimum Gasteiger partial charge on any atom is -0.477 e. The Bertz CT molecular complexity index is 697. The zero-order valence-electron chi connectivity index (χ0n) is 13.0. The third-order valence-electron chi connectivity index (χ3n) is 3.24. The molecule has 6 nitrogen and oxygen atoms in total. The van der Waals surface area contributed by atoms with Crippen LogP contribution in [-0.2, 0) is 7.05 Å². The molecule has 0 saturated heterocycles. The molecule has 0 bridgehead atoms. The van der Waals surface area contributed by atoms with Gasteiger partial charge in [0.05, 0.1) is 17.1 Å². The van der Waals surface area contributed by atoms with Gasteiger partial charge in [-0.25, -0.2) is 4.79 Å². The number of hydrogen-bond donors (Lipinski definition) is 2. The third-order valence-corrected chi connectivity index (χ3v) is 4.31. The summed E-state index contributed by atoms with van der Waals surface area (Å²) in [5.41, 5.74) is 0.712. The van der Waals surface area contributed by atoms with E-state index >= 15 is 0 Å². The number of nitrogens with zero attached hydrogens (tertiary/aromatic N) is 2. The van der Waals surface area contributed by atoms with E-state index in [-0.39, 0.29) is 22.2 Å². The summed E-state index contributed by atoms with van der Waals surface area (Å²) in [6.07, 6.45) is 3.60. The summed E-state index contributed by atoms with van der Waals surface area (Å²) >= 11 is 0.970. The van der Waals surface area contributed by atoms with Crippen molar-refractivity contribution in [3.8, 4) is 0 Å². The molecule has 0 spiro atoms. The molecular weight excluding hydrogens is 302 g/mol. The summed E-state index contributed by atoms with van der Waals surface area (Å²) in [6.45, 7) is 6.09. The van der Waals surface area contributed by atoms with Crippen LogP contribution in [0.1, 0.15) is 51.7 Å². The minimum absolute atomic E-state index is 0.152. The molecule has 2 N–H and O–H groups in total. The van der Waals surface area contributed by atoms with E-state index in [1.807, 2.05) is 34.0 Å². The maximum atomic E-state index is 12.4. The van der Waals surface area contributed by atoms with Crippen LogP contribution in [0, 0.1) is 5.41 Å². The van der Waals surface area contributed by atoms with Gasteiger partial charge in [0.25, 0.3) is 5.91 Å². The molecule has 1 atom stereocenters. The first-order valence-electron chi connectivity index (χ1n) is 6.81. The number of aryl methyl sites for hydroxylation is 1. The summed E-state index contributed by atoms with van der Waals surface area (Å²) < 4.78 is 1.69. The molecule has 2 heterocycles. The highest BCUT2D eigenvalue weighted by atomic mass is 32.1. The Morgan fingerprint density at radius 1 is 1.32 bits per heavy atom. The molecule has 2 aromatic heterocycles. The van der Waals surface area contributed by atoms with Crippen molar-refractivity contribution in [3.63, 3.8) is 0 Å². The van der Waals surface area contributed by atoms with Crippen LogP contribution < -0.4 is 5.32 Å². The van der Waals surface area contributed by atoms with Crippen molar-refractivity contribution in [1.82, 2.24) is 15.1 Å². The van der Waals surface area contributed by atoms with Crippen molar-refractivity contribution < 1.29 is 14.7 Å². The van der Waals surface area contributed by atoms with Crippen molar-refractivity contribution in [2.75, 3.05) is 0 Å². The zero-order valence-corrected chi connectivity index (χ0v) is 13.8. The van der Waals surface area contributed by atoms with Crippen LogP contribution in [0.15, 0.2) is 24.5 Å². The van der Waals surface area contributed by atoms with E-state index in [1.54, 1.807) is 10.9 Å². The number of carbonyl (C=O) groups excluding carboxylic acids is 1. The first kappa shape index (κ1) is 16.2. The average molecular weight is 321 g/mol. The summed E-state index contributed by atoms with van der Waals surface area (Å²) in [7, 11) is 1.82. The van der Waals surface area contributed by atoms with Gasteiger partial charge in [-0.15, -0.1) is 11.3 Å². The molecular formula is C15H19N3O3S. The van der Waals surface area contributed by atoms with Crippen LogP contribution in [-0.4, -0.2) is 26.8 Å². The number of carboxylic acid groups (broad SMARTS) is 1. The predicted molar refractivity (Wildman–Crippen MR) is 84.1 cm³/mol. The minimum atomic E-state index is -1.02. The lowest BCUT2D eigenvalue weighted by atomic mass is 9.83. The van der Waals surface area contributed by atoms with E-state index in [0.29, 0.717) is 4.88 Å². The second-order valence-corrected chi connectivity index (χ2v) is 7.27. The second kappa shape index (κ2) is 5.92. The highest BCUT2D eigenvalue weighted by Gasteiger charge is 2.29. The highest BCUT2D eigenvalue weighted by Crippen LogP contribution is 2.33. The summed E-state index contributed by atoms with van der Waals surface area (Å²) in [6, 6.07) is 2.76. The van der Waals surface area contributed by atoms with Gasteiger partial charge in [-0.2, -0.15) is 5.10 Å². The first-order valence-corrected chi connectivity index (χ1v) is 7.62. The van der Waals surface area contributed by atoms with Crippen LogP contribution in [0.3, 0.4) is 0 Å². The fraction of sp³-hybridized carbons (Fsp3) is 0.400. The SMILES string of the molecule is Cn1cc([C@H](NC(=O)c2ccc(C(=O)O)s2)C(C)(C)C)cn1. The predicted octanol–water partition coefficient (Wildman–Crippen LogP) is 2.70. The molecule has 2 rings (SSSR count). The number of carbonyl (C=O) groups is 2. The van der Waals surface area contributed by atoms with Crippen LogP contribution >= 0.6 is 11.3 Å². The van der Waals surface area contributed by atoms with Crippen molar-refractivity contribution in [1.29, 1.82) is 0 Å². The fourth-order valence-electron chi connectivity index (χ4n) is 2.17. The van der Waals surface area contributed by atoms with Gasteiger partial charge in [-0.05, 0) is 17.5 Å². The Hall–Kier alpha value is -2.15. The Balaban J connectivity index is 2.23. The van der Waals surface area contributed by atoms with Crippen molar-refractivity contribution in [3.05, 3.63) is 39.8 Å². The van der Waals surface area contributed by atoms with E-state index in [2.05, 4.69) is 10.4 Å². The molecule has 2 aromatic rings. The largest absolute Gasteiger partial charge is 0.477 e. The number of thiophene rings is 1. The topological polar surface area (TPSA) is 84.2 Å². The molecule has 0 saturated carbocycles. The standard InChI is InChI=1S/C15H19N3O3S/c1-15(2,3)12(9-7-16-18(4)8-9)17-13(19)10-5-6-11(22-10)14(20)21/h5-8,12H,1-4H3,(H,17,19)(H,20,21)/t12-/m0/s1. The van der Waals surface area contributed by atoms with E-state index < -0.39 is 5.97 Å². The normalized spacial score (nSPS) is 12.9. The maximum Gasteiger partial charge on any atom is 0.345 e. The molecule has 0 aliphatic carbocycles. The number of aromatic nitrogens is 2. The quantitative estimate of drug-likeness (QED) is 0.907. The third kappa shape index (κ3) is 3.54. The van der Waals surface area contributed by atoms with E-state index in [1.165, 1.54) is 12.1 Å². The average Bonchev–Trinajstić information content (AvgIpc) is 3.02. The number of rotatable bonds is 4. The summed E-state index contributed by atoms with van der Waals surface area (Å²) in [5.74, 6) is -1.30. The number of nitrogens with one attached hydrogen (secondary N) is 1. The molecule has 0 aromatic carbocycles. The van der Waals surface area contributed by atoms with Crippen LogP contribution in [0.5, 0.6) is 0 Å². The molecule has 0 aliphatic heterocycles. The van der Waals surface area contributed by atoms with Gasteiger partial charge in [0.1, 0.15) is 4.88 Å². The summed E-state index contributed by atoms with van der Waals surface area (Å²) in [5, 5.41) is 16.1. The molecule has 7 heteroatoms. The van der Waals surface area contributed by atoms with Gasteiger partial charge in [0, 0.05) is 18.8 Å². The Morgan fingerprint density at radius 3 is 2.41 bits per heavy atom. The Morgan fingerprint density at radius 2 is 1.95 bits per heavy atom. The van der Waals surface area contributed by atoms with Crippen molar-refractivity contribution in [2.24, 2.45) is 12.5 Å². The van der Waals surface area contributed by atoms with Gasteiger partial charge < -0.3 is 10.4 Å². The zero-order chi connectivity index (χ0) is 16.5. The van der Waals surface area contributed by atoms with E-state index in [4.69, 9.17) is 5.11 Å². The fourth-order valence-corrected chi connectivity index (χ4v) is 2.91. The van der Waals surface area contributed by atoms with Crippen LogP contribution in [0.2, 0.25) is 0 Å². The molecule has 0 aliphatic rings. The highest BCUT2D eigenvalue weighted by molar-refractivity contribution is 7.15. The Labute approximate surface area is 132 Å². The number of carboxylic acids is 1. The monoisotopic (exact) mass is 321 g/mol. The molecule has 0 radical (unpaired) electrons. The van der Waals surface area contributed by atoms with Crippen molar-refractivity contribution >= 4 is 23.2 Å². The molecule has 118 valence electrons. The molecule has 0 fully saturated rings. The van der Waals surface area contributed by atoms with Crippen LogP contribution in [0.25, 0.3) is 0 Å². The lowest BCUT2D eigenvalue weighted by Crippen LogP contribution is -2.36. The second-order valence-electron chi connectivity index (χ2n) is 6.19. The van der Waals surface area contributed by atoms with Gasteiger partial charge in [-0.3, -0.25) is 9.48 Å². The van der Waals surface area contributed by atoms with E-state index in [9.17, 15) is 9.59 Å². The van der Waals surface area contributed by atoms with Gasteiger partial charge in [-0.1, -0.05) is 20.8 Å². The lowest BCUT2D eigenvalue weighted by molar-refractivity contribution is 0.0702. The first-order chi connectivity index (χ1) is 10.2. The van der Waals surface area contributed by atoms with E-state index in [0.717, 1.165) is 16.9 Å². The van der Waals surface area contributed by atoms with Gasteiger partial charge >= 0.3 is 5.97 Å². The van der Waals surface area contributed by atoms with Crippen LogP contribution in [0.4, 0.5) is 0 Å². The van der Waals surface area contributed by atoms with Gasteiger partial charge in [0.15, 0.2) is 0 Å². The summed E-state index contributed by atoms with van der Waals surface area (Å²) in [4.78, 5) is 23.8. The lowest BCUT2D eigenvalue weighted by Gasteiger charge is -2.30. The van der Waals surface area contributed by atoms with Crippen molar-refractivity contribution in [2.45, 2.75) is 26.8 Å². The molecule has 1 amide bonds. The Kier molecular flexibility index (Phi) is 4.37. The van der Waals surface area contributed by atoms with Gasteiger partial charge in [0.2, 0.25) is 0 Å². The number of hydrogen-bond acceptors (Lipinski definition) is 4.